The lowest BCUT2D eigenvalue weighted by Gasteiger charge is -2.30. The molecular formula is C21H34O4. The Morgan fingerprint density at radius 2 is 2.16 bits per heavy atom. The van der Waals surface area contributed by atoms with Gasteiger partial charge in [0.1, 0.15) is 6.10 Å². The van der Waals surface area contributed by atoms with Crippen LogP contribution < -0.4 is 0 Å². The van der Waals surface area contributed by atoms with Gasteiger partial charge in [-0.1, -0.05) is 52.5 Å². The van der Waals surface area contributed by atoms with Crippen LogP contribution in [0.1, 0.15) is 85.0 Å². The molecule has 0 amide bonds. The van der Waals surface area contributed by atoms with Crippen molar-refractivity contribution in [2.24, 2.45) is 11.3 Å². The molecule has 142 valence electrons. The Balaban J connectivity index is 1.92. The van der Waals surface area contributed by atoms with Crippen molar-refractivity contribution in [3.63, 3.8) is 0 Å². The molecule has 3 atom stereocenters. The minimum absolute atomic E-state index is 0.132. The quantitative estimate of drug-likeness (QED) is 0.413. The monoisotopic (exact) mass is 350 g/mol. The largest absolute Gasteiger partial charge is 0.465 e. The SMILES string of the molecule is CCCCC(CC)COC(=O)C[C@H]1OC(=O)[C@@]2(CCC)CCCC=C12. The summed E-state index contributed by atoms with van der Waals surface area (Å²) >= 11 is 0. The smallest absolute Gasteiger partial charge is 0.316 e. The number of cyclic esters (lactones) is 1. The topological polar surface area (TPSA) is 52.6 Å². The number of esters is 2. The molecule has 0 aromatic carbocycles. The number of unbranched alkanes of at least 4 members (excludes halogenated alkanes) is 1. The van der Waals surface area contributed by atoms with Crippen LogP contribution in [0.3, 0.4) is 0 Å². The van der Waals surface area contributed by atoms with E-state index in [0.717, 1.165) is 56.9 Å². The summed E-state index contributed by atoms with van der Waals surface area (Å²) < 4.78 is 11.1. The van der Waals surface area contributed by atoms with Crippen LogP contribution in [-0.4, -0.2) is 24.6 Å². The lowest BCUT2D eigenvalue weighted by Crippen LogP contribution is -2.30. The minimum atomic E-state index is -0.467. The molecule has 1 heterocycles. The number of rotatable bonds is 10. The zero-order valence-electron chi connectivity index (χ0n) is 16.1. The second-order valence-corrected chi connectivity index (χ2v) is 7.58. The van der Waals surface area contributed by atoms with Gasteiger partial charge in [0.15, 0.2) is 0 Å². The van der Waals surface area contributed by atoms with E-state index in [0.29, 0.717) is 12.5 Å². The van der Waals surface area contributed by atoms with Gasteiger partial charge in [-0.25, -0.2) is 0 Å². The van der Waals surface area contributed by atoms with E-state index >= 15 is 0 Å². The second-order valence-electron chi connectivity index (χ2n) is 7.58. The molecular weight excluding hydrogens is 316 g/mol. The van der Waals surface area contributed by atoms with Crippen LogP contribution in [0.15, 0.2) is 11.6 Å². The molecule has 1 fully saturated rings. The average molecular weight is 350 g/mol. The molecule has 0 N–H and O–H groups in total. The molecule has 0 saturated carbocycles. The van der Waals surface area contributed by atoms with E-state index < -0.39 is 11.5 Å². The summed E-state index contributed by atoms with van der Waals surface area (Å²) in [6.07, 6.45) is 10.9. The molecule has 1 saturated heterocycles. The molecule has 4 nitrogen and oxygen atoms in total. The number of ether oxygens (including phenoxy) is 2. The molecule has 0 bridgehead atoms. The third-order valence-corrected chi connectivity index (χ3v) is 5.76. The predicted molar refractivity (Wildman–Crippen MR) is 98.0 cm³/mol. The Morgan fingerprint density at radius 3 is 2.84 bits per heavy atom. The van der Waals surface area contributed by atoms with E-state index in [4.69, 9.17) is 9.47 Å². The molecule has 0 spiro atoms. The maximum Gasteiger partial charge on any atom is 0.316 e. The highest BCUT2D eigenvalue weighted by Crippen LogP contribution is 2.50. The fourth-order valence-corrected chi connectivity index (χ4v) is 4.24. The van der Waals surface area contributed by atoms with Crippen molar-refractivity contribution >= 4 is 11.9 Å². The van der Waals surface area contributed by atoms with Gasteiger partial charge >= 0.3 is 11.9 Å². The van der Waals surface area contributed by atoms with Crippen molar-refractivity contribution in [1.29, 1.82) is 0 Å². The first kappa shape index (κ1) is 20.0. The van der Waals surface area contributed by atoms with Crippen molar-refractivity contribution in [3.8, 4) is 0 Å². The third kappa shape index (κ3) is 4.65. The van der Waals surface area contributed by atoms with Gasteiger partial charge in [0.05, 0.1) is 18.4 Å². The first-order valence-electron chi connectivity index (χ1n) is 10.1. The van der Waals surface area contributed by atoms with Gasteiger partial charge in [-0.3, -0.25) is 9.59 Å². The number of carbonyl (C=O) groups excluding carboxylic acids is 2. The summed E-state index contributed by atoms with van der Waals surface area (Å²) in [5.41, 5.74) is 0.575. The van der Waals surface area contributed by atoms with Crippen LogP contribution in [0.4, 0.5) is 0 Å². The van der Waals surface area contributed by atoms with E-state index in [-0.39, 0.29) is 18.4 Å². The Kier molecular flexibility index (Phi) is 7.52. The van der Waals surface area contributed by atoms with E-state index in [1.54, 1.807) is 0 Å². The minimum Gasteiger partial charge on any atom is -0.465 e. The standard InChI is InChI=1S/C21H34O4/c1-4-7-10-16(6-3)15-24-19(22)14-18-17-11-8-9-13-21(17,12-5-2)20(23)25-18/h11,16,18H,4-10,12-15H2,1-3H3/t16?,18-,21+/m1/s1. The Morgan fingerprint density at radius 1 is 1.36 bits per heavy atom. The van der Waals surface area contributed by atoms with Gasteiger partial charge < -0.3 is 9.47 Å². The summed E-state index contributed by atoms with van der Waals surface area (Å²) in [6, 6.07) is 0. The maximum absolute atomic E-state index is 12.5. The van der Waals surface area contributed by atoms with Crippen molar-refractivity contribution in [3.05, 3.63) is 11.6 Å². The predicted octanol–water partition coefficient (Wildman–Crippen LogP) is 4.96. The van der Waals surface area contributed by atoms with E-state index in [9.17, 15) is 9.59 Å². The Hall–Kier alpha value is -1.32. The number of fused-ring (bicyclic) bond motifs is 1. The van der Waals surface area contributed by atoms with Crippen molar-refractivity contribution in [2.45, 2.75) is 91.1 Å². The molecule has 0 radical (unpaired) electrons. The molecule has 25 heavy (non-hydrogen) atoms. The fourth-order valence-electron chi connectivity index (χ4n) is 4.24. The summed E-state index contributed by atoms with van der Waals surface area (Å²) in [5.74, 6) is 0.0575. The van der Waals surface area contributed by atoms with Crippen molar-refractivity contribution in [1.82, 2.24) is 0 Å². The van der Waals surface area contributed by atoms with Gasteiger partial charge in [-0.2, -0.15) is 0 Å². The summed E-state index contributed by atoms with van der Waals surface area (Å²) in [5, 5.41) is 0. The first-order valence-corrected chi connectivity index (χ1v) is 10.1. The van der Waals surface area contributed by atoms with E-state index in [1.165, 1.54) is 6.42 Å². The third-order valence-electron chi connectivity index (χ3n) is 5.76. The zero-order valence-corrected chi connectivity index (χ0v) is 16.1. The van der Waals surface area contributed by atoms with Crippen LogP contribution in [0.2, 0.25) is 0 Å². The fraction of sp³-hybridized carbons (Fsp3) is 0.810. The van der Waals surface area contributed by atoms with Gasteiger partial charge in [-0.15, -0.1) is 0 Å². The summed E-state index contributed by atoms with van der Waals surface area (Å²) in [7, 11) is 0. The van der Waals surface area contributed by atoms with E-state index in [2.05, 4.69) is 26.8 Å². The Labute approximate surface area is 152 Å². The number of allylic oxidation sites excluding steroid dienone is 1. The normalized spacial score (nSPS) is 26.6. The number of hydrogen-bond acceptors (Lipinski definition) is 4. The molecule has 1 aliphatic carbocycles. The number of carbonyl (C=O) groups is 2. The lowest BCUT2D eigenvalue weighted by molar-refractivity contribution is -0.153. The van der Waals surface area contributed by atoms with Crippen LogP contribution >= 0.6 is 0 Å². The molecule has 1 unspecified atom stereocenters. The van der Waals surface area contributed by atoms with Crippen molar-refractivity contribution < 1.29 is 19.1 Å². The van der Waals surface area contributed by atoms with Crippen LogP contribution in [0, 0.1) is 11.3 Å². The van der Waals surface area contributed by atoms with Gasteiger partial charge in [-0.05, 0) is 43.6 Å². The van der Waals surface area contributed by atoms with Crippen LogP contribution in [0.25, 0.3) is 0 Å². The highest BCUT2D eigenvalue weighted by molar-refractivity contribution is 5.86. The molecule has 0 aromatic rings. The summed E-state index contributed by atoms with van der Waals surface area (Å²) in [4.78, 5) is 24.8. The lowest BCUT2D eigenvalue weighted by atomic mass is 9.69. The highest BCUT2D eigenvalue weighted by Gasteiger charge is 2.53. The van der Waals surface area contributed by atoms with Gasteiger partial charge in [0.2, 0.25) is 0 Å². The van der Waals surface area contributed by atoms with Gasteiger partial charge in [0.25, 0.3) is 0 Å². The molecule has 0 aromatic heterocycles. The number of hydrogen-bond donors (Lipinski definition) is 0. The first-order chi connectivity index (χ1) is 12.1. The molecule has 2 aliphatic rings. The zero-order chi connectivity index (χ0) is 18.3. The molecule has 4 heteroatoms. The van der Waals surface area contributed by atoms with Gasteiger partial charge in [0, 0.05) is 0 Å². The van der Waals surface area contributed by atoms with Crippen LogP contribution in [-0.2, 0) is 19.1 Å². The average Bonchev–Trinajstić information content (AvgIpc) is 2.87. The van der Waals surface area contributed by atoms with Crippen molar-refractivity contribution in [2.75, 3.05) is 6.61 Å². The van der Waals surface area contributed by atoms with E-state index in [1.807, 2.05) is 0 Å². The summed E-state index contributed by atoms with van der Waals surface area (Å²) in [6.45, 7) is 6.89. The Bertz CT molecular complexity index is 496. The molecule has 2 rings (SSSR count). The highest BCUT2D eigenvalue weighted by atomic mass is 16.6. The maximum atomic E-state index is 12.5. The second kappa shape index (κ2) is 9.40. The van der Waals surface area contributed by atoms with Crippen LogP contribution in [0.5, 0.6) is 0 Å². The molecule has 1 aliphatic heterocycles.